The van der Waals surface area contributed by atoms with Crippen molar-refractivity contribution in [1.29, 1.82) is 0 Å². The molecule has 6 heteroatoms. The predicted molar refractivity (Wildman–Crippen MR) is 106 cm³/mol. The molecule has 2 N–H and O–H groups in total. The molecule has 0 saturated heterocycles. The summed E-state index contributed by atoms with van der Waals surface area (Å²) in [4.78, 5) is 17.9. The van der Waals surface area contributed by atoms with Crippen molar-refractivity contribution in [3.63, 3.8) is 0 Å². The number of nitrogens with zero attached hydrogens (tertiary/aromatic N) is 1. The van der Waals surface area contributed by atoms with E-state index < -0.39 is 0 Å². The lowest BCUT2D eigenvalue weighted by Crippen LogP contribution is -2.08. The Balaban J connectivity index is 2.12. The van der Waals surface area contributed by atoms with E-state index in [9.17, 15) is 4.79 Å². The maximum atomic E-state index is 13.2. The van der Waals surface area contributed by atoms with Gasteiger partial charge in [-0.2, -0.15) is 0 Å². The number of aliphatic hydroxyl groups excluding tert-OH is 1. The van der Waals surface area contributed by atoms with Gasteiger partial charge in [-0.25, -0.2) is 4.98 Å². The number of anilines is 1. The highest BCUT2D eigenvalue weighted by Gasteiger charge is 2.15. The van der Waals surface area contributed by atoms with Gasteiger partial charge in [0.1, 0.15) is 5.82 Å². The van der Waals surface area contributed by atoms with E-state index in [1.54, 1.807) is 12.1 Å². The van der Waals surface area contributed by atoms with Gasteiger partial charge in [0.05, 0.1) is 15.6 Å². The molecule has 0 atom stereocenters. The van der Waals surface area contributed by atoms with E-state index in [-0.39, 0.29) is 12.0 Å². The summed E-state index contributed by atoms with van der Waals surface area (Å²) < 4.78 is 1.71. The quantitative estimate of drug-likeness (QED) is 0.317. The van der Waals surface area contributed by atoms with E-state index in [0.717, 1.165) is 20.3 Å². The molecule has 0 fully saturated rings. The maximum Gasteiger partial charge on any atom is 0.196 e. The SMILES string of the molecule is O=c1c2cc(Cl)ccc2sc2c(NCCCO)nc3ccccc3c12. The number of para-hydroxylation sites is 1. The molecule has 4 nitrogen and oxygen atoms in total. The van der Waals surface area contributed by atoms with Crippen molar-refractivity contribution in [2.24, 2.45) is 0 Å². The van der Waals surface area contributed by atoms with Crippen LogP contribution >= 0.6 is 22.9 Å². The third-order valence-corrected chi connectivity index (χ3v) is 5.51. The van der Waals surface area contributed by atoms with Gasteiger partial charge in [0.25, 0.3) is 0 Å². The second-order valence-electron chi connectivity index (χ2n) is 5.76. The Morgan fingerprint density at radius 1 is 1.16 bits per heavy atom. The zero-order chi connectivity index (χ0) is 17.4. The summed E-state index contributed by atoms with van der Waals surface area (Å²) in [6.07, 6.45) is 0.619. The molecule has 4 aromatic rings. The van der Waals surface area contributed by atoms with Crippen molar-refractivity contribution in [1.82, 2.24) is 4.98 Å². The summed E-state index contributed by atoms with van der Waals surface area (Å²) in [5.74, 6) is 0.682. The van der Waals surface area contributed by atoms with Crippen molar-refractivity contribution in [3.05, 3.63) is 57.7 Å². The van der Waals surface area contributed by atoms with Crippen molar-refractivity contribution < 1.29 is 5.11 Å². The Kier molecular flexibility index (Phi) is 4.29. The van der Waals surface area contributed by atoms with Crippen molar-refractivity contribution >= 4 is 59.8 Å². The van der Waals surface area contributed by atoms with Gasteiger partial charge in [0, 0.05) is 33.6 Å². The second-order valence-corrected chi connectivity index (χ2v) is 7.25. The lowest BCUT2D eigenvalue weighted by atomic mass is 10.1. The summed E-state index contributed by atoms with van der Waals surface area (Å²) >= 11 is 7.62. The van der Waals surface area contributed by atoms with Crippen LogP contribution in [0.25, 0.3) is 31.1 Å². The molecule has 4 rings (SSSR count). The summed E-state index contributed by atoms with van der Waals surface area (Å²) in [6, 6.07) is 13.0. The molecule has 0 aliphatic carbocycles. The van der Waals surface area contributed by atoms with Crippen LogP contribution in [0.4, 0.5) is 5.82 Å². The highest BCUT2D eigenvalue weighted by atomic mass is 35.5. The molecular weight excluding hydrogens is 356 g/mol. The molecule has 0 unspecified atom stereocenters. The normalized spacial score (nSPS) is 11.4. The molecule has 25 heavy (non-hydrogen) atoms. The number of rotatable bonds is 4. The summed E-state index contributed by atoms with van der Waals surface area (Å²) in [7, 11) is 0. The molecule has 126 valence electrons. The van der Waals surface area contributed by atoms with Gasteiger partial charge in [0.15, 0.2) is 5.43 Å². The Labute approximate surface area is 152 Å². The number of halogens is 1. The number of hydrogen-bond donors (Lipinski definition) is 2. The highest BCUT2D eigenvalue weighted by Crippen LogP contribution is 2.34. The van der Waals surface area contributed by atoms with Crippen LogP contribution in [-0.4, -0.2) is 23.2 Å². The molecule has 0 radical (unpaired) electrons. The molecule has 0 aliphatic heterocycles. The number of fused-ring (bicyclic) bond motifs is 4. The van der Waals surface area contributed by atoms with Crippen molar-refractivity contribution in [2.45, 2.75) is 6.42 Å². The lowest BCUT2D eigenvalue weighted by Gasteiger charge is -2.11. The van der Waals surface area contributed by atoms with Gasteiger partial charge in [-0.3, -0.25) is 4.79 Å². The van der Waals surface area contributed by atoms with Crippen LogP contribution in [0.1, 0.15) is 6.42 Å². The fourth-order valence-electron chi connectivity index (χ4n) is 2.94. The first kappa shape index (κ1) is 16.3. The minimum Gasteiger partial charge on any atom is -0.396 e. The van der Waals surface area contributed by atoms with Crippen LogP contribution in [0.15, 0.2) is 47.3 Å². The zero-order valence-electron chi connectivity index (χ0n) is 13.3. The van der Waals surface area contributed by atoms with E-state index in [1.165, 1.54) is 11.3 Å². The maximum absolute atomic E-state index is 13.2. The number of aliphatic hydroxyl groups is 1. The number of benzene rings is 2. The number of hydrogen-bond acceptors (Lipinski definition) is 5. The van der Waals surface area contributed by atoms with E-state index >= 15 is 0 Å². The van der Waals surface area contributed by atoms with Gasteiger partial charge in [-0.05, 0) is 30.7 Å². The minimum atomic E-state index is -0.0324. The van der Waals surface area contributed by atoms with Crippen LogP contribution in [0.3, 0.4) is 0 Å². The third kappa shape index (κ3) is 2.84. The molecule has 2 aromatic heterocycles. The van der Waals surface area contributed by atoms with Gasteiger partial charge in [0.2, 0.25) is 0 Å². The zero-order valence-corrected chi connectivity index (χ0v) is 14.8. The van der Waals surface area contributed by atoms with Crippen molar-refractivity contribution in [3.8, 4) is 0 Å². The van der Waals surface area contributed by atoms with E-state index in [4.69, 9.17) is 21.7 Å². The van der Waals surface area contributed by atoms with Gasteiger partial charge >= 0.3 is 0 Å². The topological polar surface area (TPSA) is 62.2 Å². The monoisotopic (exact) mass is 370 g/mol. The first-order valence-corrected chi connectivity index (χ1v) is 9.18. The molecular formula is C19H15ClN2O2S. The van der Waals surface area contributed by atoms with Gasteiger partial charge < -0.3 is 10.4 Å². The largest absolute Gasteiger partial charge is 0.396 e. The first-order valence-electron chi connectivity index (χ1n) is 7.98. The Morgan fingerprint density at radius 3 is 2.84 bits per heavy atom. The number of aromatic nitrogens is 1. The van der Waals surface area contributed by atoms with Crippen LogP contribution in [-0.2, 0) is 0 Å². The Hall–Kier alpha value is -2.21. The van der Waals surface area contributed by atoms with Crippen LogP contribution in [0.2, 0.25) is 5.02 Å². The molecule has 0 spiro atoms. The average molecular weight is 371 g/mol. The van der Waals surface area contributed by atoms with Crippen molar-refractivity contribution in [2.75, 3.05) is 18.5 Å². The van der Waals surface area contributed by atoms with Gasteiger partial charge in [-0.15, -0.1) is 11.3 Å². The van der Waals surface area contributed by atoms with E-state index in [2.05, 4.69) is 5.32 Å². The van der Waals surface area contributed by atoms with Crippen LogP contribution in [0.5, 0.6) is 0 Å². The summed E-state index contributed by atoms with van der Waals surface area (Å²) in [5, 5.41) is 15.0. The van der Waals surface area contributed by atoms with Gasteiger partial charge in [-0.1, -0.05) is 29.8 Å². The van der Waals surface area contributed by atoms with Crippen LogP contribution in [0, 0.1) is 0 Å². The third-order valence-electron chi connectivity index (χ3n) is 4.10. The van der Waals surface area contributed by atoms with Crippen LogP contribution < -0.4 is 10.7 Å². The standard InChI is InChI=1S/C19H15ClN2O2S/c20-11-6-7-15-13(10-11)17(24)16-12-4-1-2-5-14(12)22-19(18(16)25-15)21-8-3-9-23/h1-2,4-7,10,23H,3,8-9H2,(H,21,22). The first-order chi connectivity index (χ1) is 12.2. The van der Waals surface area contributed by atoms with E-state index in [1.807, 2.05) is 30.3 Å². The number of nitrogens with one attached hydrogen (secondary N) is 1. The minimum absolute atomic E-state index is 0.0324. The molecule has 0 bridgehead atoms. The number of pyridine rings is 1. The summed E-state index contributed by atoms with van der Waals surface area (Å²) in [6.45, 7) is 0.701. The average Bonchev–Trinajstić information content (AvgIpc) is 2.62. The fourth-order valence-corrected chi connectivity index (χ4v) is 4.25. The molecule has 0 saturated carbocycles. The molecule has 2 aromatic carbocycles. The lowest BCUT2D eigenvalue weighted by molar-refractivity contribution is 0.292. The smallest absolute Gasteiger partial charge is 0.196 e. The molecule has 0 amide bonds. The predicted octanol–water partition coefficient (Wildman–Crippen LogP) is 4.41. The molecule has 0 aliphatic rings. The van der Waals surface area contributed by atoms with E-state index in [0.29, 0.717) is 34.6 Å². The summed E-state index contributed by atoms with van der Waals surface area (Å²) in [5.41, 5.74) is 0.738. The Morgan fingerprint density at radius 2 is 2.00 bits per heavy atom. The Bertz CT molecular complexity index is 1160. The fraction of sp³-hybridized carbons (Fsp3) is 0.158. The highest BCUT2D eigenvalue weighted by molar-refractivity contribution is 7.25. The second kappa shape index (κ2) is 6.59. The molecule has 2 heterocycles.